The molecule has 1 aliphatic rings. The van der Waals surface area contributed by atoms with E-state index in [-0.39, 0.29) is 37.1 Å². The molecule has 1 aliphatic heterocycles. The van der Waals surface area contributed by atoms with Crippen LogP contribution in [0.15, 0.2) is 63.5 Å². The molecule has 0 fully saturated rings. The fraction of sp³-hybridized carbons (Fsp3) is 0.333. The summed E-state index contributed by atoms with van der Waals surface area (Å²) in [6.45, 7) is 9.06. The van der Waals surface area contributed by atoms with Gasteiger partial charge in [0.2, 0.25) is 0 Å². The van der Waals surface area contributed by atoms with Crippen molar-refractivity contribution in [1.29, 1.82) is 0 Å². The van der Waals surface area contributed by atoms with Gasteiger partial charge in [0, 0.05) is 16.1 Å². The minimum absolute atomic E-state index is 0.140. The van der Waals surface area contributed by atoms with Crippen molar-refractivity contribution in [3.63, 3.8) is 0 Å². The normalized spacial score (nSPS) is 14.9. The lowest BCUT2D eigenvalue weighted by molar-refractivity contribution is -0.145. The van der Waals surface area contributed by atoms with Gasteiger partial charge >= 0.3 is 11.9 Å². The molecule has 0 saturated carbocycles. The topological polar surface area (TPSA) is 105 Å². The minimum Gasteiger partial charge on any atom is -0.491 e. The van der Waals surface area contributed by atoms with Crippen LogP contribution in [0.5, 0.6) is 11.5 Å². The number of hydrogen-bond donors (Lipinski definition) is 0. The van der Waals surface area contributed by atoms with E-state index in [1.54, 1.807) is 45.0 Å². The highest BCUT2D eigenvalue weighted by atomic mass is 35.5. The van der Waals surface area contributed by atoms with Gasteiger partial charge in [-0.3, -0.25) is 9.36 Å². The number of halogens is 1. The second kappa shape index (κ2) is 13.2. The number of fused-ring (bicyclic) bond motifs is 1. The van der Waals surface area contributed by atoms with Crippen molar-refractivity contribution in [2.75, 3.05) is 19.8 Å². The number of allylic oxidation sites excluding steroid dienone is 1. The maximum atomic E-state index is 14.0. The number of esters is 2. The molecule has 2 aromatic carbocycles. The van der Waals surface area contributed by atoms with Crippen LogP contribution in [-0.4, -0.2) is 42.4 Å². The lowest BCUT2D eigenvalue weighted by Gasteiger charge is -2.26. The maximum absolute atomic E-state index is 14.0. The number of ether oxygens (including phenoxy) is 4. The molecule has 11 heteroatoms. The predicted molar refractivity (Wildman–Crippen MR) is 156 cm³/mol. The van der Waals surface area contributed by atoms with Crippen LogP contribution in [0.3, 0.4) is 0 Å². The lowest BCUT2D eigenvalue weighted by Crippen LogP contribution is -2.40. The van der Waals surface area contributed by atoms with Crippen LogP contribution in [-0.2, 0) is 19.1 Å². The van der Waals surface area contributed by atoms with Gasteiger partial charge in [-0.2, -0.15) is 0 Å². The second-order valence-electron chi connectivity index (χ2n) is 9.28. The molecular formula is C30H31ClN2O7S. The van der Waals surface area contributed by atoms with Gasteiger partial charge in [-0.25, -0.2) is 14.6 Å². The number of hydrogen-bond acceptors (Lipinski definition) is 9. The Labute approximate surface area is 246 Å². The first-order valence-corrected chi connectivity index (χ1v) is 14.4. The minimum atomic E-state index is -0.832. The Morgan fingerprint density at radius 2 is 1.83 bits per heavy atom. The molecule has 1 aromatic heterocycles. The molecule has 0 amide bonds. The smallest absolute Gasteiger partial charge is 0.344 e. The summed E-state index contributed by atoms with van der Waals surface area (Å²) < 4.78 is 23.9. The van der Waals surface area contributed by atoms with Crippen LogP contribution >= 0.6 is 22.9 Å². The van der Waals surface area contributed by atoms with E-state index >= 15 is 0 Å². The van der Waals surface area contributed by atoms with Gasteiger partial charge in [0.1, 0.15) is 17.5 Å². The van der Waals surface area contributed by atoms with Crippen molar-refractivity contribution < 1.29 is 28.5 Å². The van der Waals surface area contributed by atoms with Gasteiger partial charge < -0.3 is 18.9 Å². The number of thiazole rings is 1. The van der Waals surface area contributed by atoms with Crippen molar-refractivity contribution >= 4 is 41.0 Å². The van der Waals surface area contributed by atoms with Crippen LogP contribution in [0.4, 0.5) is 0 Å². The fourth-order valence-electron chi connectivity index (χ4n) is 4.40. The number of carbonyl (C=O) groups is 2. The summed E-state index contributed by atoms with van der Waals surface area (Å²) in [6, 6.07) is 11.4. The van der Waals surface area contributed by atoms with Crippen molar-refractivity contribution in [1.82, 2.24) is 4.57 Å². The molecular weight excluding hydrogens is 568 g/mol. The summed E-state index contributed by atoms with van der Waals surface area (Å²) in [5.41, 5.74) is 1.46. The molecule has 4 rings (SSSR count). The number of nitrogens with zero attached hydrogens (tertiary/aromatic N) is 2. The second-order valence-corrected chi connectivity index (χ2v) is 10.7. The van der Waals surface area contributed by atoms with Crippen molar-refractivity contribution in [3.8, 4) is 11.5 Å². The zero-order valence-electron chi connectivity index (χ0n) is 23.4. The summed E-state index contributed by atoms with van der Waals surface area (Å²) >= 11 is 7.43. The quantitative estimate of drug-likeness (QED) is 0.322. The van der Waals surface area contributed by atoms with Crippen LogP contribution in [0, 0.1) is 0 Å². The van der Waals surface area contributed by atoms with E-state index in [1.807, 2.05) is 38.1 Å². The predicted octanol–water partition coefficient (Wildman–Crippen LogP) is 4.18. The van der Waals surface area contributed by atoms with Gasteiger partial charge in [-0.1, -0.05) is 41.1 Å². The third-order valence-corrected chi connectivity index (χ3v) is 7.22. The molecule has 0 bridgehead atoms. The van der Waals surface area contributed by atoms with E-state index in [1.165, 1.54) is 4.57 Å². The monoisotopic (exact) mass is 598 g/mol. The Balaban J connectivity index is 1.90. The summed E-state index contributed by atoms with van der Waals surface area (Å²) in [5.74, 6) is -0.180. The van der Waals surface area contributed by atoms with Gasteiger partial charge in [0.05, 0.1) is 35.1 Å². The number of benzene rings is 2. The molecule has 0 aliphatic carbocycles. The Kier molecular flexibility index (Phi) is 9.67. The lowest BCUT2D eigenvalue weighted by atomic mass is 9.95. The molecule has 3 aromatic rings. The van der Waals surface area contributed by atoms with E-state index in [0.29, 0.717) is 42.7 Å². The molecule has 2 heterocycles. The third kappa shape index (κ3) is 6.71. The first-order chi connectivity index (χ1) is 19.6. The molecule has 41 heavy (non-hydrogen) atoms. The molecule has 0 radical (unpaired) electrons. The van der Waals surface area contributed by atoms with Crippen LogP contribution in [0.25, 0.3) is 6.08 Å². The Hall–Kier alpha value is -3.89. The number of rotatable bonds is 10. The molecule has 216 valence electrons. The molecule has 0 unspecified atom stereocenters. The average molecular weight is 599 g/mol. The van der Waals surface area contributed by atoms with E-state index in [0.717, 1.165) is 11.3 Å². The fourth-order valence-corrected chi connectivity index (χ4v) is 5.62. The molecule has 9 nitrogen and oxygen atoms in total. The number of aromatic nitrogens is 1. The molecule has 0 saturated heterocycles. The SMILES string of the molecule is CCOC(=O)COc1ccc(Cl)cc1/C=c1\sc2n(c1=O)[C@@H](c1ccccc1OC(C)C)C(C(=O)OCC)=C(C)N=2. The Morgan fingerprint density at radius 1 is 1.10 bits per heavy atom. The van der Waals surface area contributed by atoms with Gasteiger partial charge in [-0.15, -0.1) is 0 Å². The highest BCUT2D eigenvalue weighted by Crippen LogP contribution is 2.36. The Bertz CT molecular complexity index is 1670. The van der Waals surface area contributed by atoms with Crippen molar-refractivity contribution in [2.45, 2.75) is 46.8 Å². The van der Waals surface area contributed by atoms with Crippen molar-refractivity contribution in [3.05, 3.63) is 89.6 Å². The van der Waals surface area contributed by atoms with Gasteiger partial charge in [-0.05, 0) is 65.0 Å². The van der Waals surface area contributed by atoms with Crippen LogP contribution in [0.1, 0.15) is 51.8 Å². The Morgan fingerprint density at radius 3 is 2.54 bits per heavy atom. The van der Waals surface area contributed by atoms with Crippen LogP contribution < -0.4 is 24.4 Å². The maximum Gasteiger partial charge on any atom is 0.344 e. The first kappa shape index (κ1) is 30.1. The van der Waals surface area contributed by atoms with E-state index in [9.17, 15) is 14.4 Å². The summed E-state index contributed by atoms with van der Waals surface area (Å²) in [5, 5.41) is 0.422. The number of para-hydroxylation sites is 1. The molecule has 0 spiro atoms. The van der Waals surface area contributed by atoms with Crippen LogP contribution in [0.2, 0.25) is 5.02 Å². The van der Waals surface area contributed by atoms with Gasteiger partial charge in [0.25, 0.3) is 5.56 Å². The summed E-state index contributed by atoms with van der Waals surface area (Å²) in [6.07, 6.45) is 1.49. The molecule has 1 atom stereocenters. The van der Waals surface area contributed by atoms with Crippen molar-refractivity contribution in [2.24, 2.45) is 4.99 Å². The average Bonchev–Trinajstić information content (AvgIpc) is 3.22. The number of carbonyl (C=O) groups excluding carboxylic acids is 2. The molecule has 0 N–H and O–H groups in total. The zero-order valence-corrected chi connectivity index (χ0v) is 25.0. The third-order valence-electron chi connectivity index (χ3n) is 6.00. The summed E-state index contributed by atoms with van der Waals surface area (Å²) in [7, 11) is 0. The van der Waals surface area contributed by atoms with E-state index in [4.69, 9.17) is 30.5 Å². The summed E-state index contributed by atoms with van der Waals surface area (Å²) in [4.78, 5) is 44.2. The van der Waals surface area contributed by atoms with Gasteiger partial charge in [0.15, 0.2) is 11.4 Å². The largest absolute Gasteiger partial charge is 0.491 e. The standard InChI is InChI=1S/C30H31ClN2O7S/c1-6-37-25(34)16-39-22-13-12-20(31)14-19(22)15-24-28(35)33-27(21-10-8-9-11-23(21)40-17(3)4)26(29(36)38-7-2)18(5)32-30(33)41-24/h8-15,17,27H,6-7,16H2,1-5H3/b24-15-/t27-/m0/s1. The first-order valence-electron chi connectivity index (χ1n) is 13.2. The highest BCUT2D eigenvalue weighted by Gasteiger charge is 2.35. The van der Waals surface area contributed by atoms with E-state index < -0.39 is 18.0 Å². The highest BCUT2D eigenvalue weighted by molar-refractivity contribution is 7.07. The zero-order chi connectivity index (χ0) is 29.7. The van der Waals surface area contributed by atoms with E-state index in [2.05, 4.69) is 4.99 Å².